The Kier molecular flexibility index (Phi) is 4.85. The Morgan fingerprint density at radius 3 is 2.54 bits per heavy atom. The SMILES string of the molecule is COc1ccc2cc(CNC(=O)c3ccc(N4CCNC4=O)cc3)ccc2c1. The third-order valence-electron chi connectivity index (χ3n) is 4.86. The van der Waals surface area contributed by atoms with Crippen molar-refractivity contribution in [3.8, 4) is 5.75 Å². The van der Waals surface area contributed by atoms with Gasteiger partial charge in [-0.15, -0.1) is 0 Å². The lowest BCUT2D eigenvalue weighted by atomic mass is 10.1. The number of carbonyl (C=O) groups is 2. The number of hydrogen-bond donors (Lipinski definition) is 2. The normalized spacial score (nSPS) is 13.5. The molecule has 0 atom stereocenters. The molecule has 1 fully saturated rings. The molecular weight excluding hydrogens is 354 g/mol. The number of carbonyl (C=O) groups excluding carboxylic acids is 2. The van der Waals surface area contributed by atoms with E-state index in [1.165, 1.54) is 0 Å². The zero-order chi connectivity index (χ0) is 19.5. The molecule has 0 aliphatic carbocycles. The van der Waals surface area contributed by atoms with E-state index in [1.54, 1.807) is 36.3 Å². The highest BCUT2D eigenvalue weighted by Gasteiger charge is 2.21. The number of benzene rings is 3. The minimum absolute atomic E-state index is 0.105. The minimum Gasteiger partial charge on any atom is -0.497 e. The van der Waals surface area contributed by atoms with Crippen LogP contribution in [0.1, 0.15) is 15.9 Å². The largest absolute Gasteiger partial charge is 0.497 e. The van der Waals surface area contributed by atoms with Gasteiger partial charge in [-0.05, 0) is 58.8 Å². The average Bonchev–Trinajstić information content (AvgIpc) is 3.17. The van der Waals surface area contributed by atoms with Gasteiger partial charge in [0.1, 0.15) is 5.75 Å². The van der Waals surface area contributed by atoms with Crippen molar-refractivity contribution in [3.63, 3.8) is 0 Å². The highest BCUT2D eigenvalue weighted by atomic mass is 16.5. The lowest BCUT2D eigenvalue weighted by molar-refractivity contribution is 0.0951. The van der Waals surface area contributed by atoms with E-state index in [4.69, 9.17) is 4.74 Å². The van der Waals surface area contributed by atoms with Crippen LogP contribution in [-0.2, 0) is 6.54 Å². The van der Waals surface area contributed by atoms with Crippen molar-refractivity contribution in [2.75, 3.05) is 25.1 Å². The molecule has 0 bridgehead atoms. The van der Waals surface area contributed by atoms with Crippen LogP contribution in [0, 0.1) is 0 Å². The van der Waals surface area contributed by atoms with Gasteiger partial charge in [-0.2, -0.15) is 0 Å². The first-order valence-corrected chi connectivity index (χ1v) is 9.14. The zero-order valence-corrected chi connectivity index (χ0v) is 15.6. The molecule has 2 N–H and O–H groups in total. The summed E-state index contributed by atoms with van der Waals surface area (Å²) in [7, 11) is 1.65. The van der Waals surface area contributed by atoms with Gasteiger partial charge >= 0.3 is 6.03 Å². The maximum atomic E-state index is 12.4. The van der Waals surface area contributed by atoms with Crippen molar-refractivity contribution in [1.82, 2.24) is 10.6 Å². The second kappa shape index (κ2) is 7.60. The van der Waals surface area contributed by atoms with Crippen molar-refractivity contribution in [1.29, 1.82) is 0 Å². The van der Waals surface area contributed by atoms with Gasteiger partial charge in [0.15, 0.2) is 0 Å². The van der Waals surface area contributed by atoms with Crippen molar-refractivity contribution in [3.05, 3.63) is 71.8 Å². The van der Waals surface area contributed by atoms with Crippen molar-refractivity contribution >= 4 is 28.4 Å². The van der Waals surface area contributed by atoms with E-state index < -0.39 is 0 Å². The summed E-state index contributed by atoms with van der Waals surface area (Å²) in [5.74, 6) is 0.677. The number of anilines is 1. The van der Waals surface area contributed by atoms with Gasteiger partial charge < -0.3 is 15.4 Å². The Bertz CT molecular complexity index is 1030. The lowest BCUT2D eigenvalue weighted by Gasteiger charge is -2.14. The fourth-order valence-corrected chi connectivity index (χ4v) is 3.31. The third kappa shape index (κ3) is 3.62. The molecule has 6 nitrogen and oxygen atoms in total. The zero-order valence-electron chi connectivity index (χ0n) is 15.6. The van der Waals surface area contributed by atoms with E-state index in [0.29, 0.717) is 25.2 Å². The first-order valence-electron chi connectivity index (χ1n) is 9.14. The smallest absolute Gasteiger partial charge is 0.321 e. The molecule has 28 heavy (non-hydrogen) atoms. The Morgan fingerprint density at radius 2 is 1.82 bits per heavy atom. The number of hydrogen-bond acceptors (Lipinski definition) is 3. The fraction of sp³-hybridized carbons (Fsp3) is 0.182. The molecule has 4 rings (SSSR count). The molecule has 142 valence electrons. The molecule has 3 aromatic rings. The van der Waals surface area contributed by atoms with Crippen molar-refractivity contribution in [2.24, 2.45) is 0 Å². The summed E-state index contributed by atoms with van der Waals surface area (Å²) in [6, 6.07) is 19.0. The molecule has 1 aliphatic heterocycles. The van der Waals surface area contributed by atoms with E-state index in [1.807, 2.05) is 30.3 Å². The van der Waals surface area contributed by atoms with Gasteiger partial charge in [-0.1, -0.05) is 18.2 Å². The lowest BCUT2D eigenvalue weighted by Crippen LogP contribution is -2.27. The minimum atomic E-state index is -0.146. The van der Waals surface area contributed by atoms with Gasteiger partial charge in [0.2, 0.25) is 0 Å². The number of methoxy groups -OCH3 is 1. The summed E-state index contributed by atoms with van der Waals surface area (Å²) < 4.78 is 5.25. The number of nitrogens with zero attached hydrogens (tertiary/aromatic N) is 1. The van der Waals surface area contributed by atoms with Crippen LogP contribution in [-0.4, -0.2) is 32.1 Å². The van der Waals surface area contributed by atoms with Gasteiger partial charge in [0, 0.05) is 30.9 Å². The predicted molar refractivity (Wildman–Crippen MR) is 109 cm³/mol. The number of amides is 3. The highest BCUT2D eigenvalue weighted by Crippen LogP contribution is 2.22. The summed E-state index contributed by atoms with van der Waals surface area (Å²) in [6.45, 7) is 1.72. The van der Waals surface area contributed by atoms with Crippen LogP contribution in [0.3, 0.4) is 0 Å². The summed E-state index contributed by atoms with van der Waals surface area (Å²) in [5.41, 5.74) is 2.38. The maximum absolute atomic E-state index is 12.4. The van der Waals surface area contributed by atoms with Crippen LogP contribution in [0.25, 0.3) is 10.8 Å². The molecule has 3 aromatic carbocycles. The summed E-state index contributed by atoms with van der Waals surface area (Å²) in [5, 5.41) is 7.90. The topological polar surface area (TPSA) is 70.7 Å². The molecule has 0 radical (unpaired) electrons. The van der Waals surface area contributed by atoms with Crippen LogP contribution in [0.2, 0.25) is 0 Å². The standard InChI is InChI=1S/C22H21N3O3/c1-28-20-9-6-17-12-15(2-3-18(17)13-20)14-24-21(26)16-4-7-19(8-5-16)25-11-10-23-22(25)27/h2-9,12-13H,10-11,14H2,1H3,(H,23,27)(H,24,26). The van der Waals surface area contributed by atoms with Gasteiger partial charge in [-0.3, -0.25) is 9.69 Å². The van der Waals surface area contributed by atoms with Gasteiger partial charge in [0.25, 0.3) is 5.91 Å². The number of fused-ring (bicyclic) bond motifs is 1. The van der Waals surface area contributed by atoms with Gasteiger partial charge in [-0.25, -0.2) is 4.79 Å². The third-order valence-corrected chi connectivity index (χ3v) is 4.86. The molecule has 0 unspecified atom stereocenters. The molecule has 1 saturated heterocycles. The Hall–Kier alpha value is -3.54. The fourth-order valence-electron chi connectivity index (χ4n) is 3.31. The highest BCUT2D eigenvalue weighted by molar-refractivity contribution is 5.97. The van der Waals surface area contributed by atoms with Gasteiger partial charge in [0.05, 0.1) is 7.11 Å². The van der Waals surface area contributed by atoms with Crippen molar-refractivity contribution in [2.45, 2.75) is 6.54 Å². The average molecular weight is 375 g/mol. The summed E-state index contributed by atoms with van der Waals surface area (Å²) in [4.78, 5) is 25.8. The number of rotatable bonds is 5. The monoisotopic (exact) mass is 375 g/mol. The molecule has 1 aliphatic rings. The number of nitrogens with one attached hydrogen (secondary N) is 2. The van der Waals surface area contributed by atoms with Crippen LogP contribution in [0.4, 0.5) is 10.5 Å². The van der Waals surface area contributed by atoms with Crippen LogP contribution >= 0.6 is 0 Å². The van der Waals surface area contributed by atoms with E-state index >= 15 is 0 Å². The molecule has 0 aromatic heterocycles. The van der Waals surface area contributed by atoms with E-state index in [9.17, 15) is 9.59 Å². The molecule has 6 heteroatoms. The van der Waals surface area contributed by atoms with E-state index in [0.717, 1.165) is 27.8 Å². The Balaban J connectivity index is 1.41. The number of ether oxygens (including phenoxy) is 1. The van der Waals surface area contributed by atoms with Crippen molar-refractivity contribution < 1.29 is 14.3 Å². The van der Waals surface area contributed by atoms with E-state index in [2.05, 4.69) is 16.7 Å². The second-order valence-corrected chi connectivity index (χ2v) is 6.66. The quantitative estimate of drug-likeness (QED) is 0.719. The van der Waals surface area contributed by atoms with Crippen LogP contribution < -0.4 is 20.3 Å². The van der Waals surface area contributed by atoms with Crippen LogP contribution in [0.5, 0.6) is 5.75 Å². The molecule has 3 amide bonds. The molecular formula is C22H21N3O3. The first kappa shape index (κ1) is 17.9. The molecule has 0 saturated carbocycles. The second-order valence-electron chi connectivity index (χ2n) is 6.66. The molecule has 1 heterocycles. The Morgan fingerprint density at radius 1 is 1.07 bits per heavy atom. The summed E-state index contributed by atoms with van der Waals surface area (Å²) in [6.07, 6.45) is 0. The van der Waals surface area contributed by atoms with Crippen LogP contribution in [0.15, 0.2) is 60.7 Å². The summed E-state index contributed by atoms with van der Waals surface area (Å²) >= 11 is 0. The maximum Gasteiger partial charge on any atom is 0.321 e. The Labute approximate surface area is 163 Å². The predicted octanol–water partition coefficient (Wildman–Crippen LogP) is 3.31. The molecule has 0 spiro atoms. The first-order chi connectivity index (χ1) is 13.6. The number of urea groups is 1. The van der Waals surface area contributed by atoms with E-state index in [-0.39, 0.29) is 11.9 Å².